The van der Waals surface area contributed by atoms with Crippen molar-refractivity contribution in [3.05, 3.63) is 82.8 Å². The number of likely N-dealkylation sites (tertiary alicyclic amines) is 1. The number of hydrogen-bond donors (Lipinski definition) is 0. The van der Waals surface area contributed by atoms with E-state index in [1.165, 1.54) is 23.4 Å². The molecule has 0 N–H and O–H groups in total. The van der Waals surface area contributed by atoms with Gasteiger partial charge in [0.25, 0.3) is 0 Å². The second kappa shape index (κ2) is 11.7. The minimum atomic E-state index is -1.38. The molecule has 1 aliphatic rings. The summed E-state index contributed by atoms with van der Waals surface area (Å²) >= 11 is 0. The largest absolute Gasteiger partial charge is 0.484 e. The summed E-state index contributed by atoms with van der Waals surface area (Å²) in [6, 6.07) is 9.11. The minimum absolute atomic E-state index is 0.104. The van der Waals surface area contributed by atoms with Crippen molar-refractivity contribution < 1.29 is 18.7 Å². The standard InChI is InChI=1S/C30H34FN7O4/c1-19(27-25(39)9-12-38(35-27)22-14-34-36(5)17-22)20-7-6-8-21(13-20)28-32-15-23(16-33-28)41-26-10-11-37(18-24(26)31)29(40)42-30(2,3)4/h6-9,12-17,19,24,26H,10-11,18H2,1-5H3/t19?,24-,26?/m1/s1. The van der Waals surface area contributed by atoms with Crippen LogP contribution in [-0.2, 0) is 11.8 Å². The van der Waals surface area contributed by atoms with Gasteiger partial charge in [-0.15, -0.1) is 0 Å². The first-order valence-electron chi connectivity index (χ1n) is 13.8. The van der Waals surface area contributed by atoms with E-state index in [2.05, 4.69) is 20.2 Å². The average molecular weight is 576 g/mol. The normalized spacial score (nSPS) is 18.0. The molecule has 1 fully saturated rings. The molecule has 220 valence electrons. The highest BCUT2D eigenvalue weighted by Crippen LogP contribution is 2.27. The van der Waals surface area contributed by atoms with E-state index >= 15 is 0 Å². The van der Waals surface area contributed by atoms with Crippen LogP contribution >= 0.6 is 0 Å². The zero-order valence-corrected chi connectivity index (χ0v) is 24.3. The van der Waals surface area contributed by atoms with Crippen LogP contribution in [0.4, 0.5) is 9.18 Å². The Morgan fingerprint density at radius 3 is 2.57 bits per heavy atom. The second-order valence-electron chi connectivity index (χ2n) is 11.4. The van der Waals surface area contributed by atoms with Crippen LogP contribution in [0.1, 0.15) is 51.3 Å². The molecule has 3 aromatic heterocycles. The Labute approximate surface area is 242 Å². The Hall–Kier alpha value is -4.61. The maximum absolute atomic E-state index is 14.9. The summed E-state index contributed by atoms with van der Waals surface area (Å²) < 4.78 is 29.4. The van der Waals surface area contributed by atoms with Gasteiger partial charge >= 0.3 is 6.09 Å². The SMILES string of the molecule is CC(c1cccc(-c2ncc(OC3CCN(C(=O)OC(C)(C)C)C[C@H]3F)cn2)c1)c1nn(-c2cnn(C)c2)ccc1=O. The molecular weight excluding hydrogens is 541 g/mol. The van der Waals surface area contributed by atoms with Gasteiger partial charge in [-0.3, -0.25) is 9.48 Å². The monoisotopic (exact) mass is 575 g/mol. The molecule has 0 bridgehead atoms. The number of hydrogen-bond acceptors (Lipinski definition) is 8. The molecule has 42 heavy (non-hydrogen) atoms. The second-order valence-corrected chi connectivity index (χ2v) is 11.4. The predicted octanol–water partition coefficient (Wildman–Crippen LogP) is 4.30. The summed E-state index contributed by atoms with van der Waals surface area (Å²) in [6.45, 7) is 7.47. The van der Waals surface area contributed by atoms with E-state index in [1.807, 2.05) is 44.4 Å². The number of amides is 1. The van der Waals surface area contributed by atoms with Crippen molar-refractivity contribution >= 4 is 6.09 Å². The summed E-state index contributed by atoms with van der Waals surface area (Å²) in [6.07, 6.45) is 5.82. The van der Waals surface area contributed by atoms with E-state index in [0.29, 0.717) is 30.2 Å². The molecule has 0 aliphatic carbocycles. The fourth-order valence-electron chi connectivity index (χ4n) is 4.71. The summed E-state index contributed by atoms with van der Waals surface area (Å²) in [5.74, 6) is 0.505. The maximum atomic E-state index is 14.9. The van der Waals surface area contributed by atoms with E-state index in [1.54, 1.807) is 42.5 Å². The van der Waals surface area contributed by atoms with Crippen molar-refractivity contribution in [2.45, 2.75) is 57.9 Å². The smallest absolute Gasteiger partial charge is 0.410 e. The molecule has 1 amide bonds. The number of aryl methyl sites for hydroxylation is 1. The van der Waals surface area contributed by atoms with Crippen LogP contribution < -0.4 is 10.2 Å². The van der Waals surface area contributed by atoms with Crippen LogP contribution in [0.15, 0.2) is 66.1 Å². The first-order valence-corrected chi connectivity index (χ1v) is 13.8. The predicted molar refractivity (Wildman–Crippen MR) is 153 cm³/mol. The lowest BCUT2D eigenvalue weighted by atomic mass is 9.95. The van der Waals surface area contributed by atoms with Crippen LogP contribution in [0.3, 0.4) is 0 Å². The number of rotatable bonds is 6. The molecular formula is C30H34FN7O4. The number of halogens is 1. The molecule has 0 spiro atoms. The number of benzene rings is 1. The zero-order valence-electron chi connectivity index (χ0n) is 24.3. The minimum Gasteiger partial charge on any atom is -0.484 e. The van der Waals surface area contributed by atoms with Crippen molar-refractivity contribution in [2.24, 2.45) is 7.05 Å². The van der Waals surface area contributed by atoms with Gasteiger partial charge in [-0.05, 0) is 32.4 Å². The highest BCUT2D eigenvalue weighted by Gasteiger charge is 2.35. The van der Waals surface area contributed by atoms with Gasteiger partial charge in [0.1, 0.15) is 23.1 Å². The molecule has 12 heteroatoms. The summed E-state index contributed by atoms with van der Waals surface area (Å²) in [5, 5.41) is 8.75. The van der Waals surface area contributed by atoms with Crippen molar-refractivity contribution in [3.8, 4) is 22.8 Å². The van der Waals surface area contributed by atoms with Gasteiger partial charge in [0.2, 0.25) is 5.43 Å². The van der Waals surface area contributed by atoms with Gasteiger partial charge in [0.15, 0.2) is 17.7 Å². The molecule has 3 atom stereocenters. The van der Waals surface area contributed by atoms with E-state index in [-0.39, 0.29) is 17.9 Å². The molecule has 4 heterocycles. The zero-order chi connectivity index (χ0) is 30.0. The lowest BCUT2D eigenvalue weighted by Crippen LogP contribution is -2.50. The van der Waals surface area contributed by atoms with Crippen LogP contribution in [0.5, 0.6) is 5.75 Å². The Morgan fingerprint density at radius 1 is 1.14 bits per heavy atom. The molecule has 1 saturated heterocycles. The summed E-state index contributed by atoms with van der Waals surface area (Å²) in [5.41, 5.74) is 1.98. The number of carbonyl (C=O) groups is 1. The van der Waals surface area contributed by atoms with Gasteiger partial charge in [0, 0.05) is 43.8 Å². The number of alkyl halides is 1. The fourth-order valence-corrected chi connectivity index (χ4v) is 4.71. The van der Waals surface area contributed by atoms with Crippen LogP contribution in [0.25, 0.3) is 17.1 Å². The number of ether oxygens (including phenoxy) is 2. The highest BCUT2D eigenvalue weighted by molar-refractivity contribution is 5.68. The Kier molecular flexibility index (Phi) is 8.06. The maximum Gasteiger partial charge on any atom is 0.410 e. The van der Waals surface area contributed by atoms with Gasteiger partial charge < -0.3 is 14.4 Å². The van der Waals surface area contributed by atoms with Crippen molar-refractivity contribution in [1.29, 1.82) is 0 Å². The molecule has 1 aliphatic heterocycles. The van der Waals surface area contributed by atoms with Gasteiger partial charge in [0.05, 0.1) is 31.3 Å². The Bertz CT molecular complexity index is 1610. The number of aromatic nitrogens is 6. The first-order chi connectivity index (χ1) is 20.0. The Balaban J connectivity index is 1.26. The average Bonchev–Trinajstić information content (AvgIpc) is 3.39. The van der Waals surface area contributed by atoms with Crippen LogP contribution in [0.2, 0.25) is 0 Å². The van der Waals surface area contributed by atoms with Crippen LogP contribution in [-0.4, -0.2) is 71.5 Å². The highest BCUT2D eigenvalue weighted by atomic mass is 19.1. The van der Waals surface area contributed by atoms with E-state index in [0.717, 1.165) is 16.8 Å². The molecule has 11 nitrogen and oxygen atoms in total. The lowest BCUT2D eigenvalue weighted by Gasteiger charge is -2.35. The summed E-state index contributed by atoms with van der Waals surface area (Å²) in [4.78, 5) is 35.2. The first kappa shape index (κ1) is 28.9. The molecule has 1 aromatic carbocycles. The third-order valence-corrected chi connectivity index (χ3v) is 6.89. The third-order valence-electron chi connectivity index (χ3n) is 6.89. The third kappa shape index (κ3) is 6.64. The van der Waals surface area contributed by atoms with Crippen molar-refractivity contribution in [1.82, 2.24) is 34.4 Å². The molecule has 4 aromatic rings. The molecule has 0 saturated carbocycles. The van der Waals surface area contributed by atoms with Crippen molar-refractivity contribution in [3.63, 3.8) is 0 Å². The quantitative estimate of drug-likeness (QED) is 0.334. The molecule has 0 radical (unpaired) electrons. The van der Waals surface area contributed by atoms with Gasteiger partial charge in [-0.1, -0.05) is 25.1 Å². The lowest BCUT2D eigenvalue weighted by molar-refractivity contribution is -0.0106. The number of nitrogens with zero attached hydrogens (tertiary/aromatic N) is 7. The number of piperidine rings is 1. The van der Waals surface area contributed by atoms with Crippen LogP contribution in [0, 0.1) is 0 Å². The fraction of sp³-hybridized carbons (Fsp3) is 0.400. The number of carbonyl (C=O) groups excluding carboxylic acids is 1. The molecule has 2 unspecified atom stereocenters. The van der Waals surface area contributed by atoms with E-state index in [9.17, 15) is 14.0 Å². The molecule has 5 rings (SSSR count). The summed E-state index contributed by atoms with van der Waals surface area (Å²) in [7, 11) is 1.82. The Morgan fingerprint density at radius 2 is 1.90 bits per heavy atom. The van der Waals surface area contributed by atoms with E-state index in [4.69, 9.17) is 9.47 Å². The van der Waals surface area contributed by atoms with Crippen molar-refractivity contribution in [2.75, 3.05) is 13.1 Å². The van der Waals surface area contributed by atoms with Gasteiger partial charge in [-0.2, -0.15) is 10.2 Å². The topological polar surface area (TPSA) is 117 Å². The van der Waals surface area contributed by atoms with E-state index < -0.39 is 24.0 Å². The van der Waals surface area contributed by atoms with Gasteiger partial charge in [-0.25, -0.2) is 23.8 Å².